The fourth-order valence-electron chi connectivity index (χ4n) is 2.45. The summed E-state index contributed by atoms with van der Waals surface area (Å²) >= 11 is 0. The molecule has 0 aromatic carbocycles. The molecule has 2 fully saturated rings. The molecule has 2 unspecified atom stereocenters. The number of urea groups is 1. The first-order valence-corrected chi connectivity index (χ1v) is 6.54. The summed E-state index contributed by atoms with van der Waals surface area (Å²) < 4.78 is 10.7. The molecule has 0 aromatic rings. The van der Waals surface area contributed by atoms with Crippen molar-refractivity contribution in [2.24, 2.45) is 0 Å². The predicted molar refractivity (Wildman–Crippen MR) is 65.9 cm³/mol. The van der Waals surface area contributed by atoms with E-state index in [0.717, 1.165) is 0 Å². The van der Waals surface area contributed by atoms with E-state index in [1.807, 2.05) is 6.92 Å². The van der Waals surface area contributed by atoms with Gasteiger partial charge in [0.2, 0.25) is 0 Å². The average Bonchev–Trinajstić information content (AvgIpc) is 2.38. The summed E-state index contributed by atoms with van der Waals surface area (Å²) in [5.74, 6) is -0.913. The lowest BCUT2D eigenvalue weighted by molar-refractivity contribution is -0.139. The zero-order chi connectivity index (χ0) is 13.8. The van der Waals surface area contributed by atoms with Crippen molar-refractivity contribution in [1.29, 1.82) is 0 Å². The van der Waals surface area contributed by atoms with Crippen LogP contribution in [0, 0.1) is 0 Å². The Labute approximate surface area is 112 Å². The maximum Gasteiger partial charge on any atom is 0.320 e. The Bertz CT molecular complexity index is 349. The lowest BCUT2D eigenvalue weighted by atomic mass is 10.1. The number of aliphatic carboxylic acids is 1. The van der Waals surface area contributed by atoms with Crippen LogP contribution in [0.3, 0.4) is 0 Å². The van der Waals surface area contributed by atoms with E-state index < -0.39 is 5.97 Å². The second kappa shape index (κ2) is 6.21. The van der Waals surface area contributed by atoms with Gasteiger partial charge in [-0.2, -0.15) is 0 Å². The molecule has 108 valence electrons. The maximum atomic E-state index is 12.4. The number of carbonyl (C=O) groups excluding carboxylic acids is 1. The molecule has 0 saturated carbocycles. The van der Waals surface area contributed by atoms with Gasteiger partial charge in [-0.3, -0.25) is 4.79 Å². The van der Waals surface area contributed by atoms with Crippen molar-refractivity contribution in [1.82, 2.24) is 9.80 Å². The van der Waals surface area contributed by atoms with E-state index >= 15 is 0 Å². The first-order valence-electron chi connectivity index (χ1n) is 6.54. The van der Waals surface area contributed by atoms with Gasteiger partial charge in [-0.1, -0.05) is 0 Å². The van der Waals surface area contributed by atoms with Crippen LogP contribution in [-0.2, 0) is 14.3 Å². The Morgan fingerprint density at radius 3 is 2.79 bits per heavy atom. The van der Waals surface area contributed by atoms with E-state index in [4.69, 9.17) is 14.6 Å². The Morgan fingerprint density at radius 1 is 1.32 bits per heavy atom. The number of carbonyl (C=O) groups is 2. The van der Waals surface area contributed by atoms with Gasteiger partial charge < -0.3 is 24.4 Å². The number of hydrogen-bond acceptors (Lipinski definition) is 4. The first-order chi connectivity index (χ1) is 9.08. The Morgan fingerprint density at radius 2 is 2.11 bits per heavy atom. The van der Waals surface area contributed by atoms with E-state index in [0.29, 0.717) is 32.8 Å². The van der Waals surface area contributed by atoms with Crippen LogP contribution in [0.4, 0.5) is 4.79 Å². The van der Waals surface area contributed by atoms with E-state index in [9.17, 15) is 9.59 Å². The van der Waals surface area contributed by atoms with Crippen molar-refractivity contribution in [3.63, 3.8) is 0 Å². The standard InChI is InChI=1S/C12H20N2O5/c1-9-7-13(2-5-19-9)12(17)14-3-4-18-8-10(14)6-11(15)16/h9-10H,2-8H2,1H3,(H,15,16). The molecule has 1 N–H and O–H groups in total. The highest BCUT2D eigenvalue weighted by Gasteiger charge is 2.33. The monoisotopic (exact) mass is 272 g/mol. The molecule has 7 nitrogen and oxygen atoms in total. The van der Waals surface area contributed by atoms with E-state index in [-0.39, 0.29) is 31.2 Å². The third kappa shape index (κ3) is 3.57. The smallest absolute Gasteiger partial charge is 0.320 e. The summed E-state index contributed by atoms with van der Waals surface area (Å²) in [6, 6.07) is -0.485. The summed E-state index contributed by atoms with van der Waals surface area (Å²) in [7, 11) is 0. The second-order valence-corrected chi connectivity index (χ2v) is 4.93. The van der Waals surface area contributed by atoms with E-state index in [2.05, 4.69) is 0 Å². The molecule has 0 aromatic heterocycles. The quantitative estimate of drug-likeness (QED) is 0.765. The van der Waals surface area contributed by atoms with Crippen LogP contribution < -0.4 is 0 Å². The highest BCUT2D eigenvalue weighted by atomic mass is 16.5. The number of carboxylic acid groups (broad SMARTS) is 1. The van der Waals surface area contributed by atoms with Gasteiger partial charge in [0.15, 0.2) is 0 Å². The van der Waals surface area contributed by atoms with Crippen molar-refractivity contribution < 1.29 is 24.2 Å². The molecule has 2 saturated heterocycles. The molecule has 0 spiro atoms. The lowest BCUT2D eigenvalue weighted by Gasteiger charge is -2.40. The van der Waals surface area contributed by atoms with Crippen molar-refractivity contribution in [2.75, 3.05) is 39.5 Å². The van der Waals surface area contributed by atoms with Gasteiger partial charge in [0, 0.05) is 19.6 Å². The van der Waals surface area contributed by atoms with Gasteiger partial charge in [-0.25, -0.2) is 4.79 Å². The van der Waals surface area contributed by atoms with Crippen LogP contribution in [0.2, 0.25) is 0 Å². The van der Waals surface area contributed by atoms with Crippen LogP contribution in [-0.4, -0.2) is 78.5 Å². The van der Waals surface area contributed by atoms with Crippen molar-refractivity contribution >= 4 is 12.0 Å². The molecule has 2 rings (SSSR count). The molecule has 2 atom stereocenters. The van der Waals surface area contributed by atoms with Gasteiger partial charge in [-0.05, 0) is 6.92 Å². The number of nitrogens with zero attached hydrogens (tertiary/aromatic N) is 2. The summed E-state index contributed by atoms with van der Waals surface area (Å²) in [6.45, 7) is 4.76. The minimum atomic E-state index is -0.913. The normalized spacial score (nSPS) is 28.3. The van der Waals surface area contributed by atoms with Crippen LogP contribution in [0.25, 0.3) is 0 Å². The molecule has 0 aliphatic carbocycles. The summed E-state index contributed by atoms with van der Waals surface area (Å²) in [5, 5.41) is 8.89. The van der Waals surface area contributed by atoms with Crippen LogP contribution in [0.15, 0.2) is 0 Å². The SMILES string of the molecule is CC1CN(C(=O)N2CCOCC2CC(=O)O)CCO1. The Kier molecular flexibility index (Phi) is 4.60. The van der Waals surface area contributed by atoms with E-state index in [1.54, 1.807) is 9.80 Å². The largest absolute Gasteiger partial charge is 0.481 e. The molecule has 2 aliphatic rings. The highest BCUT2D eigenvalue weighted by molar-refractivity contribution is 5.76. The van der Waals surface area contributed by atoms with Gasteiger partial charge in [0.05, 0.1) is 38.4 Å². The van der Waals surface area contributed by atoms with Gasteiger partial charge in [-0.15, -0.1) is 0 Å². The zero-order valence-corrected chi connectivity index (χ0v) is 11.1. The number of amides is 2. The van der Waals surface area contributed by atoms with Crippen LogP contribution in [0.1, 0.15) is 13.3 Å². The van der Waals surface area contributed by atoms with Crippen molar-refractivity contribution in [3.05, 3.63) is 0 Å². The number of ether oxygens (including phenoxy) is 2. The Balaban J connectivity index is 2.00. The molecule has 0 radical (unpaired) electrons. The number of rotatable bonds is 2. The third-order valence-electron chi connectivity index (χ3n) is 3.40. The van der Waals surface area contributed by atoms with Crippen LogP contribution in [0.5, 0.6) is 0 Å². The van der Waals surface area contributed by atoms with Gasteiger partial charge >= 0.3 is 12.0 Å². The topological polar surface area (TPSA) is 79.3 Å². The third-order valence-corrected chi connectivity index (χ3v) is 3.40. The maximum absolute atomic E-state index is 12.4. The van der Waals surface area contributed by atoms with Crippen LogP contribution >= 0.6 is 0 Å². The number of morpholine rings is 2. The van der Waals surface area contributed by atoms with Crippen molar-refractivity contribution in [2.45, 2.75) is 25.5 Å². The summed E-state index contributed by atoms with van der Waals surface area (Å²) in [6.07, 6.45) is -0.0531. The predicted octanol–water partition coefficient (Wildman–Crippen LogP) is 0.00260. The van der Waals surface area contributed by atoms with E-state index in [1.165, 1.54) is 0 Å². The summed E-state index contributed by atoms with van der Waals surface area (Å²) in [5.41, 5.74) is 0. The molecular formula is C12H20N2O5. The van der Waals surface area contributed by atoms with Crippen molar-refractivity contribution in [3.8, 4) is 0 Å². The van der Waals surface area contributed by atoms with Gasteiger partial charge in [0.25, 0.3) is 0 Å². The molecule has 0 bridgehead atoms. The molecule has 2 amide bonds. The molecular weight excluding hydrogens is 252 g/mol. The molecule has 7 heteroatoms. The number of carboxylic acids is 1. The number of hydrogen-bond donors (Lipinski definition) is 1. The van der Waals surface area contributed by atoms with Gasteiger partial charge in [0.1, 0.15) is 0 Å². The minimum absolute atomic E-state index is 0.0247. The average molecular weight is 272 g/mol. The Hall–Kier alpha value is -1.34. The molecule has 2 heterocycles. The summed E-state index contributed by atoms with van der Waals surface area (Å²) in [4.78, 5) is 26.6. The molecule has 2 aliphatic heterocycles. The fraction of sp³-hybridized carbons (Fsp3) is 0.833. The highest BCUT2D eigenvalue weighted by Crippen LogP contribution is 2.15. The minimum Gasteiger partial charge on any atom is -0.481 e. The molecule has 19 heavy (non-hydrogen) atoms. The first kappa shape index (κ1) is 14.1. The zero-order valence-electron chi connectivity index (χ0n) is 11.1. The second-order valence-electron chi connectivity index (χ2n) is 4.93. The lowest BCUT2D eigenvalue weighted by Crippen LogP contribution is -2.57. The fourth-order valence-corrected chi connectivity index (χ4v) is 2.45.